The van der Waals surface area contributed by atoms with Gasteiger partial charge in [-0.1, -0.05) is 23.8 Å². The molecule has 6 heteroatoms. The summed E-state index contributed by atoms with van der Waals surface area (Å²) in [5, 5.41) is 2.70. The lowest BCUT2D eigenvalue weighted by atomic mass is 10.2. The zero-order valence-corrected chi connectivity index (χ0v) is 15.5. The lowest BCUT2D eigenvalue weighted by Crippen LogP contribution is -2.08. The van der Waals surface area contributed by atoms with Gasteiger partial charge in [0.15, 0.2) is 0 Å². The Hall–Kier alpha value is -3.25. The second-order valence-electron chi connectivity index (χ2n) is 5.95. The molecule has 0 fully saturated rings. The minimum atomic E-state index is -3.58. The summed E-state index contributed by atoms with van der Waals surface area (Å²) in [6, 6.07) is 16.4. The molecule has 3 rings (SSSR count). The van der Waals surface area contributed by atoms with Gasteiger partial charge in [0.25, 0.3) is 0 Å². The van der Waals surface area contributed by atoms with Gasteiger partial charge in [0, 0.05) is 24.2 Å². The van der Waals surface area contributed by atoms with Crippen LogP contribution in [0.4, 0.5) is 5.69 Å². The molecule has 0 aliphatic carbocycles. The normalized spacial score (nSPS) is 11.4. The van der Waals surface area contributed by atoms with Crippen molar-refractivity contribution in [2.24, 2.45) is 0 Å². The smallest absolute Gasteiger partial charge is 0.248 e. The van der Waals surface area contributed by atoms with Gasteiger partial charge in [0.2, 0.25) is 15.7 Å². The van der Waals surface area contributed by atoms with Crippen molar-refractivity contribution in [1.82, 2.24) is 4.98 Å². The van der Waals surface area contributed by atoms with Crippen molar-refractivity contribution in [3.05, 3.63) is 90.3 Å². The van der Waals surface area contributed by atoms with Crippen LogP contribution in [0.25, 0.3) is 6.08 Å². The lowest BCUT2D eigenvalue weighted by Gasteiger charge is -2.07. The number of carbonyl (C=O) groups is 1. The first-order valence-electron chi connectivity index (χ1n) is 8.26. The predicted molar refractivity (Wildman–Crippen MR) is 105 cm³/mol. The molecule has 0 aliphatic heterocycles. The van der Waals surface area contributed by atoms with Gasteiger partial charge in [-0.25, -0.2) is 8.42 Å². The largest absolute Gasteiger partial charge is 0.323 e. The van der Waals surface area contributed by atoms with Crippen molar-refractivity contribution >= 4 is 27.5 Å². The fourth-order valence-corrected chi connectivity index (χ4v) is 3.66. The predicted octanol–water partition coefficient (Wildman–Crippen LogP) is 3.87. The summed E-state index contributed by atoms with van der Waals surface area (Å²) >= 11 is 0. The fourth-order valence-electron chi connectivity index (χ4n) is 2.40. The Balaban J connectivity index is 1.70. The van der Waals surface area contributed by atoms with Crippen molar-refractivity contribution in [1.29, 1.82) is 0 Å². The van der Waals surface area contributed by atoms with Crippen molar-refractivity contribution < 1.29 is 13.2 Å². The van der Waals surface area contributed by atoms with E-state index in [1.54, 1.807) is 60.9 Å². The highest BCUT2D eigenvalue weighted by molar-refractivity contribution is 7.91. The van der Waals surface area contributed by atoms with E-state index in [9.17, 15) is 13.2 Å². The summed E-state index contributed by atoms with van der Waals surface area (Å²) in [6.07, 6.45) is 6.35. The number of amides is 1. The first kappa shape index (κ1) is 18.5. The molecule has 1 N–H and O–H groups in total. The van der Waals surface area contributed by atoms with Crippen molar-refractivity contribution in [3.8, 4) is 0 Å². The quantitative estimate of drug-likeness (QED) is 0.684. The van der Waals surface area contributed by atoms with Gasteiger partial charge in [-0.2, -0.15) is 0 Å². The molecule has 2 aromatic carbocycles. The van der Waals surface area contributed by atoms with Gasteiger partial charge in [-0.15, -0.1) is 0 Å². The average molecular weight is 378 g/mol. The van der Waals surface area contributed by atoms with Gasteiger partial charge in [0.05, 0.1) is 9.79 Å². The van der Waals surface area contributed by atoms with E-state index in [2.05, 4.69) is 10.3 Å². The van der Waals surface area contributed by atoms with E-state index in [1.807, 2.05) is 13.0 Å². The highest BCUT2D eigenvalue weighted by atomic mass is 32.2. The van der Waals surface area contributed by atoms with Crippen LogP contribution in [-0.4, -0.2) is 19.3 Å². The number of hydrogen-bond donors (Lipinski definition) is 1. The Morgan fingerprint density at radius 1 is 0.963 bits per heavy atom. The number of sulfone groups is 1. The number of nitrogens with zero attached hydrogens (tertiary/aromatic N) is 1. The molecular weight excluding hydrogens is 360 g/mol. The second-order valence-corrected chi connectivity index (χ2v) is 7.90. The fraction of sp³-hybridized carbons (Fsp3) is 0.0476. The Morgan fingerprint density at radius 2 is 1.59 bits per heavy atom. The Bertz CT molecular complexity index is 1060. The summed E-state index contributed by atoms with van der Waals surface area (Å²) < 4.78 is 25.3. The van der Waals surface area contributed by atoms with E-state index in [4.69, 9.17) is 0 Å². The third-order valence-electron chi connectivity index (χ3n) is 3.88. The Morgan fingerprint density at radius 3 is 2.19 bits per heavy atom. The van der Waals surface area contributed by atoms with Crippen molar-refractivity contribution in [3.63, 3.8) is 0 Å². The number of benzene rings is 2. The highest BCUT2D eigenvalue weighted by Crippen LogP contribution is 2.22. The summed E-state index contributed by atoms with van der Waals surface area (Å²) in [5.74, 6) is -0.312. The first-order chi connectivity index (χ1) is 12.9. The number of pyridine rings is 1. The molecule has 0 atom stereocenters. The van der Waals surface area contributed by atoms with Crippen molar-refractivity contribution in [2.45, 2.75) is 16.7 Å². The maximum absolute atomic E-state index is 12.6. The lowest BCUT2D eigenvalue weighted by molar-refractivity contribution is -0.111. The zero-order chi connectivity index (χ0) is 19.3. The van der Waals surface area contributed by atoms with E-state index in [0.29, 0.717) is 5.69 Å². The van der Waals surface area contributed by atoms with Crippen LogP contribution in [0.15, 0.2) is 88.9 Å². The summed E-state index contributed by atoms with van der Waals surface area (Å²) in [4.78, 5) is 16.4. The van der Waals surface area contributed by atoms with Gasteiger partial charge in [0.1, 0.15) is 0 Å². The molecule has 27 heavy (non-hydrogen) atoms. The molecule has 0 unspecified atom stereocenters. The van der Waals surface area contributed by atoms with Gasteiger partial charge < -0.3 is 5.32 Å². The second kappa shape index (κ2) is 7.97. The number of hydrogen-bond acceptors (Lipinski definition) is 4. The standard InChI is InChI=1S/C21H18N2O3S/c1-16-4-9-19(10-5-16)27(25,26)20-11-7-18(8-12-20)23-21(24)13-6-17-3-2-14-22-15-17/h2-15H,1H3,(H,23,24)/b13-6+. The third kappa shape index (κ3) is 4.68. The minimum Gasteiger partial charge on any atom is -0.323 e. The molecule has 136 valence electrons. The monoisotopic (exact) mass is 378 g/mol. The molecule has 0 aliphatic rings. The number of aromatic nitrogens is 1. The molecule has 0 bridgehead atoms. The van der Waals surface area contributed by atoms with E-state index in [0.717, 1.165) is 11.1 Å². The van der Waals surface area contributed by atoms with Crippen LogP contribution in [0.5, 0.6) is 0 Å². The van der Waals surface area contributed by atoms with Crippen LogP contribution in [0, 0.1) is 6.92 Å². The van der Waals surface area contributed by atoms with Crippen LogP contribution in [-0.2, 0) is 14.6 Å². The zero-order valence-electron chi connectivity index (χ0n) is 14.7. The number of aryl methyl sites for hydroxylation is 1. The van der Waals surface area contributed by atoms with E-state index >= 15 is 0 Å². The molecule has 1 amide bonds. The number of rotatable bonds is 5. The molecule has 0 saturated heterocycles. The van der Waals surface area contributed by atoms with Crippen LogP contribution in [0.2, 0.25) is 0 Å². The highest BCUT2D eigenvalue weighted by Gasteiger charge is 2.17. The number of carbonyl (C=O) groups excluding carboxylic acids is 1. The van der Waals surface area contributed by atoms with E-state index in [1.165, 1.54) is 18.2 Å². The third-order valence-corrected chi connectivity index (χ3v) is 5.66. The van der Waals surface area contributed by atoms with E-state index in [-0.39, 0.29) is 15.7 Å². The van der Waals surface area contributed by atoms with Crippen molar-refractivity contribution in [2.75, 3.05) is 5.32 Å². The number of nitrogens with one attached hydrogen (secondary N) is 1. The Kier molecular flexibility index (Phi) is 5.47. The van der Waals surface area contributed by atoms with Crippen LogP contribution in [0.3, 0.4) is 0 Å². The van der Waals surface area contributed by atoms with Gasteiger partial charge in [-0.3, -0.25) is 9.78 Å². The Labute approximate surface area is 158 Å². The molecule has 1 heterocycles. The first-order valence-corrected chi connectivity index (χ1v) is 9.74. The van der Waals surface area contributed by atoms with Crippen LogP contribution >= 0.6 is 0 Å². The maximum atomic E-state index is 12.6. The number of anilines is 1. The maximum Gasteiger partial charge on any atom is 0.248 e. The average Bonchev–Trinajstić information content (AvgIpc) is 2.68. The van der Waals surface area contributed by atoms with Crippen LogP contribution in [0.1, 0.15) is 11.1 Å². The summed E-state index contributed by atoms with van der Waals surface area (Å²) in [6.45, 7) is 1.90. The van der Waals surface area contributed by atoms with Crippen LogP contribution < -0.4 is 5.32 Å². The minimum absolute atomic E-state index is 0.176. The summed E-state index contributed by atoms with van der Waals surface area (Å²) in [5.41, 5.74) is 2.32. The van der Waals surface area contributed by atoms with Gasteiger partial charge >= 0.3 is 0 Å². The van der Waals surface area contributed by atoms with E-state index < -0.39 is 9.84 Å². The molecule has 1 aromatic heterocycles. The molecule has 0 radical (unpaired) electrons. The summed E-state index contributed by atoms with van der Waals surface area (Å²) in [7, 11) is -3.58. The molecular formula is C21H18N2O3S. The van der Waals surface area contributed by atoms with Gasteiger partial charge in [-0.05, 0) is 61.0 Å². The topological polar surface area (TPSA) is 76.1 Å². The molecule has 3 aromatic rings. The molecule has 0 saturated carbocycles. The molecule has 5 nitrogen and oxygen atoms in total. The SMILES string of the molecule is Cc1ccc(S(=O)(=O)c2ccc(NC(=O)/C=C/c3cccnc3)cc2)cc1. The molecule has 0 spiro atoms.